The maximum atomic E-state index is 13.1. The van der Waals surface area contributed by atoms with Gasteiger partial charge in [-0.25, -0.2) is 0 Å². The summed E-state index contributed by atoms with van der Waals surface area (Å²) in [5, 5.41) is 10.5. The Bertz CT molecular complexity index is 1100. The average Bonchev–Trinajstić information content (AvgIpc) is 3.35. The summed E-state index contributed by atoms with van der Waals surface area (Å²) in [6.07, 6.45) is 5.44. The number of nitrogens with zero attached hydrogens (tertiary/aromatic N) is 3. The van der Waals surface area contributed by atoms with Crippen molar-refractivity contribution in [3.05, 3.63) is 74.9 Å². The summed E-state index contributed by atoms with van der Waals surface area (Å²) in [6, 6.07) is 7.81. The van der Waals surface area contributed by atoms with Crippen molar-refractivity contribution in [3.63, 3.8) is 0 Å². The molecule has 3 aromatic rings. The lowest BCUT2D eigenvalue weighted by atomic mass is 10.1. The number of aromatic nitrogens is 3. The third-order valence-corrected chi connectivity index (χ3v) is 5.12. The van der Waals surface area contributed by atoms with Crippen molar-refractivity contribution in [1.82, 2.24) is 20.1 Å². The highest BCUT2D eigenvalue weighted by Gasteiger charge is 2.20. The zero-order valence-corrected chi connectivity index (χ0v) is 16.0. The Kier molecular flexibility index (Phi) is 4.81. The van der Waals surface area contributed by atoms with E-state index in [9.17, 15) is 9.59 Å². The molecule has 1 aromatic carbocycles. The number of hydrogen-bond donors (Lipinski definition) is 1. The molecule has 0 fully saturated rings. The summed E-state index contributed by atoms with van der Waals surface area (Å²) in [5.74, 6) is 0.390. The molecule has 1 amide bonds. The minimum Gasteiger partial charge on any atom is -0.423 e. The van der Waals surface area contributed by atoms with Gasteiger partial charge in [-0.2, -0.15) is 0 Å². The molecule has 0 atom stereocenters. The third kappa shape index (κ3) is 3.24. The molecule has 2 aromatic heterocycles. The molecule has 28 heavy (non-hydrogen) atoms. The van der Waals surface area contributed by atoms with Crippen LogP contribution in [0, 0.1) is 6.92 Å². The van der Waals surface area contributed by atoms with Gasteiger partial charge >= 0.3 is 0 Å². The van der Waals surface area contributed by atoms with Gasteiger partial charge in [0.25, 0.3) is 11.5 Å². The van der Waals surface area contributed by atoms with Gasteiger partial charge in [0.05, 0.1) is 12.2 Å². The van der Waals surface area contributed by atoms with Crippen LogP contribution in [0.4, 0.5) is 0 Å². The van der Waals surface area contributed by atoms with Crippen molar-refractivity contribution >= 4 is 5.91 Å². The number of amides is 1. The summed E-state index contributed by atoms with van der Waals surface area (Å²) < 4.78 is 6.98. The van der Waals surface area contributed by atoms with Crippen LogP contribution >= 0.6 is 0 Å². The molecule has 7 nitrogen and oxygen atoms in total. The van der Waals surface area contributed by atoms with Gasteiger partial charge in [-0.05, 0) is 55.0 Å². The number of rotatable bonds is 5. The van der Waals surface area contributed by atoms with Gasteiger partial charge in [0.2, 0.25) is 11.8 Å². The SMILES string of the molecule is CCc1nnc(CNC(=O)c2c(C)ccn(-c3cccc4c3CCC4)c2=O)o1. The molecule has 1 aliphatic rings. The van der Waals surface area contributed by atoms with Crippen LogP contribution in [0.5, 0.6) is 0 Å². The molecule has 0 radical (unpaired) electrons. The molecule has 1 aliphatic carbocycles. The van der Waals surface area contributed by atoms with E-state index < -0.39 is 5.91 Å². The van der Waals surface area contributed by atoms with Crippen LogP contribution < -0.4 is 10.9 Å². The summed E-state index contributed by atoms with van der Waals surface area (Å²) in [7, 11) is 0. The predicted molar refractivity (Wildman–Crippen MR) is 104 cm³/mol. The Hall–Kier alpha value is -3.22. The number of benzene rings is 1. The van der Waals surface area contributed by atoms with E-state index in [1.54, 1.807) is 23.8 Å². The first-order valence-corrected chi connectivity index (χ1v) is 9.51. The third-order valence-electron chi connectivity index (χ3n) is 5.12. The van der Waals surface area contributed by atoms with E-state index in [0.29, 0.717) is 23.8 Å². The normalized spacial score (nSPS) is 12.8. The first-order chi connectivity index (χ1) is 13.6. The molecule has 144 valence electrons. The van der Waals surface area contributed by atoms with E-state index in [2.05, 4.69) is 21.6 Å². The van der Waals surface area contributed by atoms with E-state index in [4.69, 9.17) is 4.42 Å². The Morgan fingerprint density at radius 1 is 1.21 bits per heavy atom. The summed E-state index contributed by atoms with van der Waals surface area (Å²) >= 11 is 0. The quantitative estimate of drug-likeness (QED) is 0.737. The van der Waals surface area contributed by atoms with Crippen molar-refractivity contribution in [1.29, 1.82) is 0 Å². The maximum Gasteiger partial charge on any atom is 0.268 e. The van der Waals surface area contributed by atoms with E-state index in [1.165, 1.54) is 11.1 Å². The van der Waals surface area contributed by atoms with Crippen LogP contribution in [-0.2, 0) is 25.8 Å². The molecule has 0 unspecified atom stereocenters. The number of carbonyl (C=O) groups is 1. The van der Waals surface area contributed by atoms with Gasteiger partial charge in [-0.3, -0.25) is 14.2 Å². The summed E-state index contributed by atoms with van der Waals surface area (Å²) in [6.45, 7) is 3.75. The lowest BCUT2D eigenvalue weighted by Crippen LogP contribution is -2.33. The van der Waals surface area contributed by atoms with E-state index in [1.807, 2.05) is 19.1 Å². The standard InChI is InChI=1S/C21H22N4O3/c1-3-17-23-24-18(28-17)12-22-20(26)19-13(2)10-11-25(21(19)27)16-9-5-7-14-6-4-8-15(14)16/h5,7,9-11H,3-4,6,8,12H2,1-2H3,(H,22,26). The fraction of sp³-hybridized carbons (Fsp3) is 0.333. The molecule has 2 heterocycles. The Morgan fingerprint density at radius 2 is 2.04 bits per heavy atom. The Morgan fingerprint density at radius 3 is 2.82 bits per heavy atom. The van der Waals surface area contributed by atoms with Gasteiger partial charge in [-0.15, -0.1) is 10.2 Å². The first-order valence-electron chi connectivity index (χ1n) is 9.51. The van der Waals surface area contributed by atoms with Crippen molar-refractivity contribution in [2.45, 2.75) is 46.1 Å². The molecule has 0 saturated carbocycles. The molecular formula is C21H22N4O3. The maximum absolute atomic E-state index is 13.1. The highest BCUT2D eigenvalue weighted by atomic mass is 16.4. The van der Waals surface area contributed by atoms with Gasteiger partial charge in [0.15, 0.2) is 0 Å². The molecule has 0 bridgehead atoms. The number of hydrogen-bond acceptors (Lipinski definition) is 5. The van der Waals surface area contributed by atoms with Gasteiger partial charge < -0.3 is 9.73 Å². The van der Waals surface area contributed by atoms with E-state index >= 15 is 0 Å². The smallest absolute Gasteiger partial charge is 0.268 e. The fourth-order valence-corrected chi connectivity index (χ4v) is 3.66. The topological polar surface area (TPSA) is 90.0 Å². The zero-order valence-electron chi connectivity index (χ0n) is 16.0. The number of nitrogens with one attached hydrogen (secondary N) is 1. The van der Waals surface area contributed by atoms with Crippen LogP contribution in [-0.4, -0.2) is 20.7 Å². The van der Waals surface area contributed by atoms with Gasteiger partial charge in [0.1, 0.15) is 5.56 Å². The molecule has 4 rings (SSSR count). The second-order valence-corrected chi connectivity index (χ2v) is 6.94. The monoisotopic (exact) mass is 378 g/mol. The minimum atomic E-state index is -0.444. The number of pyridine rings is 1. The van der Waals surface area contributed by atoms with Crippen molar-refractivity contribution in [3.8, 4) is 5.69 Å². The largest absolute Gasteiger partial charge is 0.423 e. The van der Waals surface area contributed by atoms with Crippen LogP contribution in [0.3, 0.4) is 0 Å². The molecule has 0 aliphatic heterocycles. The van der Waals surface area contributed by atoms with Crippen LogP contribution in [0.25, 0.3) is 5.69 Å². The van der Waals surface area contributed by atoms with Crippen LogP contribution in [0.1, 0.15) is 52.2 Å². The summed E-state index contributed by atoms with van der Waals surface area (Å²) in [5.41, 5.74) is 3.77. The lowest BCUT2D eigenvalue weighted by Gasteiger charge is -2.14. The summed E-state index contributed by atoms with van der Waals surface area (Å²) in [4.78, 5) is 25.9. The molecule has 1 N–H and O–H groups in total. The second kappa shape index (κ2) is 7.42. The number of aryl methyl sites for hydroxylation is 3. The number of fused-ring (bicyclic) bond motifs is 1. The van der Waals surface area contributed by atoms with Crippen molar-refractivity contribution < 1.29 is 9.21 Å². The van der Waals surface area contributed by atoms with Gasteiger partial charge in [-0.1, -0.05) is 19.1 Å². The van der Waals surface area contributed by atoms with Crippen molar-refractivity contribution in [2.75, 3.05) is 0 Å². The first kappa shape index (κ1) is 18.2. The van der Waals surface area contributed by atoms with E-state index in [0.717, 1.165) is 24.9 Å². The molecule has 0 spiro atoms. The number of carbonyl (C=O) groups excluding carboxylic acids is 1. The Balaban J connectivity index is 1.65. The van der Waals surface area contributed by atoms with Crippen LogP contribution in [0.2, 0.25) is 0 Å². The molecule has 0 saturated heterocycles. The van der Waals surface area contributed by atoms with Crippen LogP contribution in [0.15, 0.2) is 39.7 Å². The fourth-order valence-electron chi connectivity index (χ4n) is 3.66. The Labute approximate surface area is 162 Å². The van der Waals surface area contributed by atoms with Gasteiger partial charge in [0, 0.05) is 12.6 Å². The highest BCUT2D eigenvalue weighted by Crippen LogP contribution is 2.27. The molecule has 7 heteroatoms. The van der Waals surface area contributed by atoms with E-state index in [-0.39, 0.29) is 17.7 Å². The second-order valence-electron chi connectivity index (χ2n) is 6.94. The highest BCUT2D eigenvalue weighted by molar-refractivity contribution is 5.95. The molecular weight excluding hydrogens is 356 g/mol. The minimum absolute atomic E-state index is 0.0837. The predicted octanol–water partition coefficient (Wildman–Crippen LogP) is 2.51. The zero-order chi connectivity index (χ0) is 19.7. The van der Waals surface area contributed by atoms with Crippen molar-refractivity contribution in [2.24, 2.45) is 0 Å². The average molecular weight is 378 g/mol. The lowest BCUT2D eigenvalue weighted by molar-refractivity contribution is 0.0944.